The summed E-state index contributed by atoms with van der Waals surface area (Å²) in [5, 5.41) is 3.48. The molecule has 2 aliphatic heterocycles. The molecule has 0 bridgehead atoms. The maximum absolute atomic E-state index is 5.39. The van der Waals surface area contributed by atoms with E-state index >= 15 is 0 Å². The van der Waals surface area contributed by atoms with Crippen molar-refractivity contribution >= 4 is 0 Å². The summed E-state index contributed by atoms with van der Waals surface area (Å²) in [5.41, 5.74) is 12.0. The summed E-state index contributed by atoms with van der Waals surface area (Å²) in [4.78, 5) is 5.39. The lowest BCUT2D eigenvalue weighted by Crippen LogP contribution is -2.40. The predicted molar refractivity (Wildman–Crippen MR) is 73.9 cm³/mol. The van der Waals surface area contributed by atoms with Gasteiger partial charge in [0.05, 0.1) is 18.3 Å². The van der Waals surface area contributed by atoms with Crippen LogP contribution in [0.5, 0.6) is 0 Å². The second-order valence-electron chi connectivity index (χ2n) is 5.37. The summed E-state index contributed by atoms with van der Waals surface area (Å²) < 4.78 is 0. The van der Waals surface area contributed by atoms with Crippen LogP contribution in [0.3, 0.4) is 0 Å². The van der Waals surface area contributed by atoms with E-state index in [1.165, 1.54) is 11.1 Å². The van der Waals surface area contributed by atoms with Crippen LogP contribution >= 0.6 is 0 Å². The summed E-state index contributed by atoms with van der Waals surface area (Å²) in [6.45, 7) is 4.01. The van der Waals surface area contributed by atoms with Gasteiger partial charge in [-0.1, -0.05) is 24.3 Å². The van der Waals surface area contributed by atoms with Crippen LogP contribution in [0.25, 0.3) is 0 Å². The van der Waals surface area contributed by atoms with Gasteiger partial charge in [-0.05, 0) is 30.9 Å². The smallest absolute Gasteiger partial charge is 0.0781 e. The van der Waals surface area contributed by atoms with Crippen LogP contribution in [0, 0.1) is 0 Å². The Kier molecular flexibility index (Phi) is 4.10. The van der Waals surface area contributed by atoms with Gasteiger partial charge in [0.1, 0.15) is 0 Å². The van der Waals surface area contributed by atoms with E-state index in [-0.39, 0.29) is 0 Å². The predicted octanol–water partition coefficient (Wildman–Crippen LogP) is 0.955. The lowest BCUT2D eigenvalue weighted by molar-refractivity contribution is 0.0364. The van der Waals surface area contributed by atoms with Crippen LogP contribution in [0.4, 0.5) is 0 Å². The van der Waals surface area contributed by atoms with Crippen LogP contribution in [0.15, 0.2) is 24.3 Å². The van der Waals surface area contributed by atoms with E-state index in [1.807, 2.05) is 0 Å². The van der Waals surface area contributed by atoms with Crippen LogP contribution < -0.4 is 21.6 Å². The fourth-order valence-electron chi connectivity index (χ4n) is 2.58. The van der Waals surface area contributed by atoms with E-state index in [4.69, 9.17) is 4.84 Å². The number of hydroxylamine groups is 1. The van der Waals surface area contributed by atoms with Crippen LogP contribution in [-0.2, 0) is 11.4 Å². The minimum absolute atomic E-state index is 0.298. The van der Waals surface area contributed by atoms with Gasteiger partial charge in [0.2, 0.25) is 0 Å². The molecular formula is C14H22N4O. The SMILES string of the molecule is CC1CC(c2ccc(CNC3CCNN3)cc2)NO1. The van der Waals surface area contributed by atoms with Crippen molar-refractivity contribution in [3.8, 4) is 0 Å². The highest BCUT2D eigenvalue weighted by Gasteiger charge is 2.22. The zero-order valence-corrected chi connectivity index (χ0v) is 11.3. The van der Waals surface area contributed by atoms with Gasteiger partial charge >= 0.3 is 0 Å². The maximum Gasteiger partial charge on any atom is 0.0781 e. The molecule has 1 aromatic carbocycles. The normalized spacial score (nSPS) is 30.9. The Balaban J connectivity index is 1.53. The van der Waals surface area contributed by atoms with Gasteiger partial charge in [0, 0.05) is 13.1 Å². The standard InChI is InChI=1S/C14H22N4O/c1-10-8-13(18-19-10)12-4-2-11(3-5-12)9-15-14-6-7-16-17-14/h2-5,10,13-18H,6-9H2,1H3. The van der Waals surface area contributed by atoms with E-state index in [2.05, 4.69) is 52.8 Å². The molecule has 3 atom stereocenters. The highest BCUT2D eigenvalue weighted by Crippen LogP contribution is 2.25. The molecule has 1 aromatic rings. The van der Waals surface area contributed by atoms with Crippen molar-refractivity contribution in [3.05, 3.63) is 35.4 Å². The summed E-state index contributed by atoms with van der Waals surface area (Å²) in [6.07, 6.45) is 2.84. The minimum atomic E-state index is 0.298. The average Bonchev–Trinajstić information content (AvgIpc) is 3.08. The molecular weight excluding hydrogens is 240 g/mol. The first-order valence-corrected chi connectivity index (χ1v) is 7.03. The lowest BCUT2D eigenvalue weighted by Gasteiger charge is -2.13. The Morgan fingerprint density at radius 2 is 2.16 bits per heavy atom. The Morgan fingerprint density at radius 3 is 2.79 bits per heavy atom. The fraction of sp³-hybridized carbons (Fsp3) is 0.571. The zero-order chi connectivity index (χ0) is 13.1. The van der Waals surface area contributed by atoms with Crippen molar-refractivity contribution in [2.45, 2.75) is 44.6 Å². The van der Waals surface area contributed by atoms with Crippen molar-refractivity contribution in [1.82, 2.24) is 21.6 Å². The van der Waals surface area contributed by atoms with Gasteiger partial charge < -0.3 is 0 Å². The van der Waals surface area contributed by atoms with E-state index < -0.39 is 0 Å². The first kappa shape index (κ1) is 13.0. The first-order valence-electron chi connectivity index (χ1n) is 7.03. The third-order valence-electron chi connectivity index (χ3n) is 3.75. The second-order valence-corrected chi connectivity index (χ2v) is 5.37. The minimum Gasteiger partial charge on any atom is -0.298 e. The molecule has 3 unspecified atom stereocenters. The molecule has 2 saturated heterocycles. The van der Waals surface area contributed by atoms with E-state index in [0.29, 0.717) is 18.3 Å². The third-order valence-corrected chi connectivity index (χ3v) is 3.75. The van der Waals surface area contributed by atoms with Crippen molar-refractivity contribution in [1.29, 1.82) is 0 Å². The lowest BCUT2D eigenvalue weighted by atomic mass is 10.0. The molecule has 0 aliphatic carbocycles. The number of nitrogens with one attached hydrogen (secondary N) is 4. The van der Waals surface area contributed by atoms with Crippen molar-refractivity contribution in [2.75, 3.05) is 6.54 Å². The number of hydrogen-bond acceptors (Lipinski definition) is 5. The van der Waals surface area contributed by atoms with Crippen molar-refractivity contribution < 1.29 is 4.84 Å². The van der Waals surface area contributed by atoms with Gasteiger partial charge in [0.25, 0.3) is 0 Å². The van der Waals surface area contributed by atoms with E-state index in [1.54, 1.807) is 0 Å². The number of hydrogen-bond donors (Lipinski definition) is 4. The molecule has 0 aromatic heterocycles. The Labute approximate surface area is 114 Å². The van der Waals surface area contributed by atoms with Crippen LogP contribution in [-0.4, -0.2) is 18.8 Å². The molecule has 0 spiro atoms. The quantitative estimate of drug-likeness (QED) is 0.651. The van der Waals surface area contributed by atoms with Crippen molar-refractivity contribution in [2.24, 2.45) is 0 Å². The largest absolute Gasteiger partial charge is 0.298 e. The highest BCUT2D eigenvalue weighted by atomic mass is 16.7. The van der Waals surface area contributed by atoms with Crippen molar-refractivity contribution in [3.63, 3.8) is 0 Å². The molecule has 4 N–H and O–H groups in total. The second kappa shape index (κ2) is 5.98. The monoisotopic (exact) mass is 262 g/mol. The van der Waals surface area contributed by atoms with Gasteiger partial charge in [-0.25, -0.2) is 5.43 Å². The molecule has 2 fully saturated rings. The molecule has 5 heteroatoms. The first-order chi connectivity index (χ1) is 9.31. The highest BCUT2D eigenvalue weighted by molar-refractivity contribution is 5.25. The van der Waals surface area contributed by atoms with Gasteiger partial charge in [-0.2, -0.15) is 5.48 Å². The number of hydrazine groups is 1. The van der Waals surface area contributed by atoms with Gasteiger partial charge in [-0.3, -0.25) is 15.6 Å². The third kappa shape index (κ3) is 3.32. The fourth-order valence-corrected chi connectivity index (χ4v) is 2.58. The maximum atomic E-state index is 5.39. The van der Waals surface area contributed by atoms with Gasteiger partial charge in [0.15, 0.2) is 0 Å². The summed E-state index contributed by atoms with van der Waals surface area (Å²) in [5.74, 6) is 0. The molecule has 2 aliphatic rings. The summed E-state index contributed by atoms with van der Waals surface area (Å²) in [6, 6.07) is 9.09. The molecule has 2 heterocycles. The molecule has 19 heavy (non-hydrogen) atoms. The molecule has 104 valence electrons. The Morgan fingerprint density at radius 1 is 1.32 bits per heavy atom. The summed E-state index contributed by atoms with van der Waals surface area (Å²) >= 11 is 0. The zero-order valence-electron chi connectivity index (χ0n) is 11.3. The van der Waals surface area contributed by atoms with Crippen LogP contribution in [0.1, 0.15) is 36.9 Å². The topological polar surface area (TPSA) is 57.3 Å². The molecule has 3 rings (SSSR count). The summed E-state index contributed by atoms with van der Waals surface area (Å²) in [7, 11) is 0. The number of benzene rings is 1. The molecule has 0 saturated carbocycles. The number of rotatable bonds is 4. The molecule has 5 nitrogen and oxygen atoms in total. The Hall–Kier alpha value is -0.980. The van der Waals surface area contributed by atoms with Crippen LogP contribution in [0.2, 0.25) is 0 Å². The van der Waals surface area contributed by atoms with E-state index in [0.717, 1.165) is 25.9 Å². The molecule has 0 radical (unpaired) electrons. The molecule has 0 amide bonds. The van der Waals surface area contributed by atoms with E-state index in [9.17, 15) is 0 Å². The van der Waals surface area contributed by atoms with Gasteiger partial charge in [-0.15, -0.1) is 0 Å². The average molecular weight is 262 g/mol. The Bertz CT molecular complexity index is 402.